The summed E-state index contributed by atoms with van der Waals surface area (Å²) in [5.74, 6) is 0.665. The summed E-state index contributed by atoms with van der Waals surface area (Å²) in [4.78, 5) is 7.11. The van der Waals surface area contributed by atoms with Crippen LogP contribution in [0.2, 0.25) is 0 Å². The maximum Gasteiger partial charge on any atom is 0.0973 e. The van der Waals surface area contributed by atoms with Crippen LogP contribution in [0.4, 0.5) is 0 Å². The number of likely N-dealkylation sites (N-methyl/N-ethyl adjacent to an activating group) is 1. The van der Waals surface area contributed by atoms with E-state index in [0.29, 0.717) is 12.0 Å². The van der Waals surface area contributed by atoms with Gasteiger partial charge in [0.25, 0.3) is 0 Å². The quantitative estimate of drug-likeness (QED) is 0.851. The zero-order valence-corrected chi connectivity index (χ0v) is 10.5. The summed E-state index contributed by atoms with van der Waals surface area (Å²) < 4.78 is 0. The topological polar surface area (TPSA) is 28.2 Å². The Balaban J connectivity index is 2.07. The summed E-state index contributed by atoms with van der Waals surface area (Å²) >= 11 is 1.81. The van der Waals surface area contributed by atoms with Crippen LogP contribution in [0.1, 0.15) is 36.0 Å². The van der Waals surface area contributed by atoms with E-state index in [9.17, 15) is 0 Å². The summed E-state index contributed by atoms with van der Waals surface area (Å²) in [6, 6.07) is 0.370. The molecule has 1 aliphatic heterocycles. The Bertz CT molecular complexity index is 323. The molecule has 1 fully saturated rings. The summed E-state index contributed by atoms with van der Waals surface area (Å²) in [5, 5.41) is 6.73. The van der Waals surface area contributed by atoms with Crippen LogP contribution in [0.3, 0.4) is 0 Å². The number of thiazole rings is 1. The molecular formula is C11H19N3S. The first-order valence-electron chi connectivity index (χ1n) is 5.52. The highest BCUT2D eigenvalue weighted by molar-refractivity contribution is 7.09. The maximum atomic E-state index is 4.73. The lowest BCUT2D eigenvalue weighted by molar-refractivity contribution is 0.411. The maximum absolute atomic E-state index is 4.73. The predicted octanol–water partition coefficient (Wildman–Crippen LogP) is 1.84. The van der Waals surface area contributed by atoms with Crippen molar-refractivity contribution in [2.75, 3.05) is 27.2 Å². The lowest BCUT2D eigenvalue weighted by atomic mass is 10.1. The van der Waals surface area contributed by atoms with E-state index >= 15 is 0 Å². The van der Waals surface area contributed by atoms with Crippen molar-refractivity contribution in [3.05, 3.63) is 16.1 Å². The van der Waals surface area contributed by atoms with Crippen LogP contribution >= 0.6 is 11.3 Å². The molecule has 0 amide bonds. The Labute approximate surface area is 95.5 Å². The van der Waals surface area contributed by atoms with Crippen LogP contribution in [0.15, 0.2) is 5.38 Å². The molecule has 1 aliphatic rings. The molecule has 0 saturated carbocycles. The Kier molecular flexibility index (Phi) is 3.38. The third kappa shape index (κ3) is 2.38. The van der Waals surface area contributed by atoms with Gasteiger partial charge in [0.1, 0.15) is 0 Å². The Morgan fingerprint density at radius 2 is 2.47 bits per heavy atom. The zero-order valence-electron chi connectivity index (χ0n) is 9.66. The molecule has 2 unspecified atom stereocenters. The highest BCUT2D eigenvalue weighted by Gasteiger charge is 2.24. The van der Waals surface area contributed by atoms with E-state index in [1.54, 1.807) is 0 Å². The van der Waals surface area contributed by atoms with Gasteiger partial charge in [-0.05, 0) is 34.0 Å². The Morgan fingerprint density at radius 3 is 3.07 bits per heavy atom. The number of hydrogen-bond acceptors (Lipinski definition) is 4. The molecule has 4 heteroatoms. The van der Waals surface area contributed by atoms with Crippen molar-refractivity contribution in [2.45, 2.75) is 25.3 Å². The minimum atomic E-state index is 0.370. The predicted molar refractivity (Wildman–Crippen MR) is 64.4 cm³/mol. The van der Waals surface area contributed by atoms with Gasteiger partial charge in [-0.15, -0.1) is 11.3 Å². The van der Waals surface area contributed by atoms with Crippen LogP contribution in [-0.2, 0) is 0 Å². The number of nitrogens with zero attached hydrogens (tertiary/aromatic N) is 2. The van der Waals surface area contributed by atoms with Crippen LogP contribution < -0.4 is 5.32 Å². The summed E-state index contributed by atoms with van der Waals surface area (Å²) in [6.07, 6.45) is 1.26. The van der Waals surface area contributed by atoms with Crippen molar-refractivity contribution in [1.82, 2.24) is 15.2 Å². The third-order valence-electron chi connectivity index (χ3n) is 3.16. The average Bonchev–Trinajstić information content (AvgIpc) is 2.84. The Morgan fingerprint density at radius 1 is 1.67 bits per heavy atom. The second-order valence-corrected chi connectivity index (χ2v) is 5.26. The van der Waals surface area contributed by atoms with Crippen LogP contribution in [0.5, 0.6) is 0 Å². The minimum Gasteiger partial charge on any atom is -0.312 e. The molecule has 0 radical (unpaired) electrons. The third-order valence-corrected chi connectivity index (χ3v) is 4.18. The molecule has 15 heavy (non-hydrogen) atoms. The summed E-state index contributed by atoms with van der Waals surface area (Å²) in [5.41, 5.74) is 1.19. The van der Waals surface area contributed by atoms with Crippen molar-refractivity contribution in [1.29, 1.82) is 0 Å². The highest BCUT2D eigenvalue weighted by Crippen LogP contribution is 2.29. The van der Waals surface area contributed by atoms with Crippen molar-refractivity contribution < 1.29 is 0 Å². The van der Waals surface area contributed by atoms with E-state index in [4.69, 9.17) is 4.98 Å². The number of likely N-dealkylation sites (tertiary alicyclic amines) is 1. The molecular weight excluding hydrogens is 206 g/mol. The van der Waals surface area contributed by atoms with Crippen molar-refractivity contribution in [2.24, 2.45) is 0 Å². The number of aromatic nitrogens is 1. The second-order valence-electron chi connectivity index (χ2n) is 4.37. The first-order valence-corrected chi connectivity index (χ1v) is 6.39. The molecule has 2 rings (SSSR count). The van der Waals surface area contributed by atoms with Crippen LogP contribution in [0, 0.1) is 0 Å². The van der Waals surface area contributed by atoms with E-state index in [1.165, 1.54) is 30.2 Å². The van der Waals surface area contributed by atoms with Gasteiger partial charge in [0.15, 0.2) is 0 Å². The van der Waals surface area contributed by atoms with Gasteiger partial charge in [0, 0.05) is 23.9 Å². The molecule has 1 N–H and O–H groups in total. The normalized spacial score (nSPS) is 24.6. The van der Waals surface area contributed by atoms with Gasteiger partial charge in [0.2, 0.25) is 0 Å². The average molecular weight is 225 g/mol. The van der Waals surface area contributed by atoms with Gasteiger partial charge in [-0.1, -0.05) is 0 Å². The van der Waals surface area contributed by atoms with Gasteiger partial charge in [-0.25, -0.2) is 4.98 Å². The number of nitrogens with one attached hydrogen (secondary N) is 1. The van der Waals surface area contributed by atoms with Gasteiger partial charge in [-0.2, -0.15) is 0 Å². The molecule has 84 valence electrons. The molecule has 1 aromatic rings. The minimum absolute atomic E-state index is 0.370. The summed E-state index contributed by atoms with van der Waals surface area (Å²) in [7, 11) is 4.16. The molecule has 0 aliphatic carbocycles. The lowest BCUT2D eigenvalue weighted by Crippen LogP contribution is -2.14. The largest absolute Gasteiger partial charge is 0.312 e. The van der Waals surface area contributed by atoms with E-state index in [1.807, 2.05) is 18.4 Å². The van der Waals surface area contributed by atoms with E-state index < -0.39 is 0 Å². The van der Waals surface area contributed by atoms with Gasteiger partial charge >= 0.3 is 0 Å². The van der Waals surface area contributed by atoms with Gasteiger partial charge < -0.3 is 10.2 Å². The van der Waals surface area contributed by atoms with Crippen LogP contribution in [-0.4, -0.2) is 37.1 Å². The van der Waals surface area contributed by atoms with Gasteiger partial charge in [0.05, 0.1) is 10.7 Å². The lowest BCUT2D eigenvalue weighted by Gasteiger charge is -2.08. The highest BCUT2D eigenvalue weighted by atomic mass is 32.1. The fraction of sp³-hybridized carbons (Fsp3) is 0.727. The monoisotopic (exact) mass is 225 g/mol. The molecule has 0 spiro atoms. The standard InChI is InChI=1S/C11H19N3S/c1-8(12-2)10-7-15-11(13-10)9-4-5-14(3)6-9/h7-9,12H,4-6H2,1-3H3. The van der Waals surface area contributed by atoms with Gasteiger partial charge in [-0.3, -0.25) is 0 Å². The summed E-state index contributed by atoms with van der Waals surface area (Å²) in [6.45, 7) is 4.53. The fourth-order valence-corrected chi connectivity index (χ4v) is 3.01. The number of rotatable bonds is 3. The van der Waals surface area contributed by atoms with E-state index in [2.05, 4.69) is 29.6 Å². The van der Waals surface area contributed by atoms with Crippen LogP contribution in [0.25, 0.3) is 0 Å². The SMILES string of the molecule is CNC(C)c1csc(C2CCN(C)C2)n1. The molecule has 0 bridgehead atoms. The second kappa shape index (κ2) is 4.60. The van der Waals surface area contributed by atoms with Crippen molar-refractivity contribution in [3.63, 3.8) is 0 Å². The molecule has 2 heterocycles. The first kappa shape index (κ1) is 11.0. The van der Waals surface area contributed by atoms with Crippen molar-refractivity contribution in [3.8, 4) is 0 Å². The number of hydrogen-bond donors (Lipinski definition) is 1. The fourth-order valence-electron chi connectivity index (χ4n) is 1.97. The molecule has 0 aromatic carbocycles. The van der Waals surface area contributed by atoms with Crippen molar-refractivity contribution >= 4 is 11.3 Å². The molecule has 1 saturated heterocycles. The van der Waals surface area contributed by atoms with E-state index in [0.717, 1.165) is 0 Å². The first-order chi connectivity index (χ1) is 7.20. The van der Waals surface area contributed by atoms with E-state index in [-0.39, 0.29) is 0 Å². The molecule has 2 atom stereocenters. The molecule has 1 aromatic heterocycles. The zero-order chi connectivity index (χ0) is 10.8. The molecule has 3 nitrogen and oxygen atoms in total. The Hall–Kier alpha value is -0.450. The smallest absolute Gasteiger partial charge is 0.0973 e.